The van der Waals surface area contributed by atoms with Gasteiger partial charge in [-0.2, -0.15) is 0 Å². The highest BCUT2D eigenvalue weighted by Crippen LogP contribution is 2.20. The first-order valence-corrected chi connectivity index (χ1v) is 19.9. The van der Waals surface area contributed by atoms with Gasteiger partial charge in [-0.1, -0.05) is 207 Å². The Morgan fingerprint density at radius 1 is 0.262 bits per heavy atom. The zero-order valence-electron chi connectivity index (χ0n) is 30.1. The van der Waals surface area contributed by atoms with Gasteiger partial charge in [0.25, 0.3) is 0 Å². The predicted octanol–water partition coefficient (Wildman–Crippen LogP) is 13.8. The highest BCUT2D eigenvalue weighted by molar-refractivity contribution is 4.61. The second kappa shape index (κ2) is 40.9. The molecule has 2 unspecified atom stereocenters. The van der Waals surface area contributed by atoms with Crippen LogP contribution in [0.3, 0.4) is 0 Å². The third-order valence-corrected chi connectivity index (χ3v) is 9.38. The van der Waals surface area contributed by atoms with Crippen molar-refractivity contribution in [3.05, 3.63) is 0 Å². The Labute approximate surface area is 268 Å². The molecule has 0 heterocycles. The fourth-order valence-corrected chi connectivity index (χ4v) is 6.21. The quantitative estimate of drug-likeness (QED) is 0.0725. The molecule has 0 bridgehead atoms. The lowest BCUT2D eigenvalue weighted by atomic mass is 9.95. The first-order chi connectivity index (χ1) is 20.7. The summed E-state index contributed by atoms with van der Waals surface area (Å²) in [5, 5.41) is 18.9. The highest BCUT2D eigenvalue weighted by Gasteiger charge is 2.08. The molecule has 0 saturated heterocycles. The minimum absolute atomic E-state index is 0.408. The molecule has 42 heavy (non-hydrogen) atoms. The third kappa shape index (κ3) is 37.9. The Kier molecular flexibility index (Phi) is 42.9. The summed E-state index contributed by atoms with van der Waals surface area (Å²) in [4.78, 5) is 0. The van der Waals surface area contributed by atoms with Crippen molar-refractivity contribution in [2.24, 2.45) is 11.8 Å². The van der Waals surface area contributed by atoms with E-state index in [1.54, 1.807) is 0 Å². The van der Waals surface area contributed by atoms with E-state index in [9.17, 15) is 10.2 Å². The van der Waals surface area contributed by atoms with Crippen LogP contribution in [0, 0.1) is 11.8 Å². The molecule has 0 aliphatic carbocycles. The average Bonchev–Trinajstić information content (AvgIpc) is 3.01. The van der Waals surface area contributed by atoms with Gasteiger partial charge in [0.15, 0.2) is 0 Å². The summed E-state index contributed by atoms with van der Waals surface area (Å²) in [6, 6.07) is 0. The lowest BCUT2D eigenvalue weighted by molar-refractivity contribution is 0.204. The van der Waals surface area contributed by atoms with Gasteiger partial charge in [0.2, 0.25) is 0 Å². The van der Waals surface area contributed by atoms with Crippen LogP contribution in [0.2, 0.25) is 0 Å². The summed E-state index contributed by atoms with van der Waals surface area (Å²) in [6.45, 7) is 9.91. The lowest BCUT2D eigenvalue weighted by Gasteiger charge is -2.13. The zero-order valence-corrected chi connectivity index (χ0v) is 30.1. The van der Waals surface area contributed by atoms with Gasteiger partial charge >= 0.3 is 0 Å². The van der Waals surface area contributed by atoms with Crippen LogP contribution in [0.5, 0.6) is 0 Å². The monoisotopic (exact) mass is 597 g/mol. The molecule has 0 aromatic carbocycles. The maximum absolute atomic E-state index is 9.47. The van der Waals surface area contributed by atoms with Crippen LogP contribution < -0.4 is 0 Å². The largest absolute Gasteiger partial charge is 0.396 e. The molecule has 0 aromatic heterocycles. The van der Waals surface area contributed by atoms with E-state index in [0.717, 1.165) is 0 Å². The first-order valence-electron chi connectivity index (χ1n) is 19.9. The van der Waals surface area contributed by atoms with Crippen molar-refractivity contribution in [2.45, 2.75) is 233 Å². The fraction of sp³-hybridized carbons (Fsp3) is 1.00. The van der Waals surface area contributed by atoms with Gasteiger partial charge in [-0.25, -0.2) is 0 Å². The van der Waals surface area contributed by atoms with Crippen molar-refractivity contribution < 1.29 is 10.2 Å². The molecule has 0 saturated carbocycles. The van der Waals surface area contributed by atoms with E-state index in [2.05, 4.69) is 27.7 Å². The maximum atomic E-state index is 9.47. The van der Waals surface area contributed by atoms with Crippen molar-refractivity contribution in [1.29, 1.82) is 0 Å². The predicted molar refractivity (Wildman–Crippen MR) is 192 cm³/mol. The second-order valence-corrected chi connectivity index (χ2v) is 13.7. The van der Waals surface area contributed by atoms with E-state index >= 15 is 0 Å². The smallest absolute Gasteiger partial charge is 0.0459 e. The molecular weight excluding hydrogens is 512 g/mol. The molecule has 256 valence electrons. The van der Waals surface area contributed by atoms with Crippen LogP contribution in [-0.2, 0) is 0 Å². The average molecular weight is 597 g/mol. The standard InChI is InChI=1S/2C20H42O/c2*1-3-5-7-9-11-12-14-16-18-20(19-21)17-15-13-10-8-6-4-2/h2*20-21H,3-19H2,1-2H3. The molecule has 0 amide bonds. The highest BCUT2D eigenvalue weighted by atomic mass is 16.3. The van der Waals surface area contributed by atoms with E-state index in [1.807, 2.05) is 0 Å². The van der Waals surface area contributed by atoms with Crippen LogP contribution in [0.25, 0.3) is 0 Å². The van der Waals surface area contributed by atoms with Gasteiger partial charge in [0, 0.05) is 13.2 Å². The number of rotatable bonds is 34. The number of hydrogen-bond donors (Lipinski definition) is 2. The zero-order chi connectivity index (χ0) is 31.2. The van der Waals surface area contributed by atoms with Crippen molar-refractivity contribution in [3.63, 3.8) is 0 Å². The van der Waals surface area contributed by atoms with E-state index in [-0.39, 0.29) is 0 Å². The Morgan fingerprint density at radius 2 is 0.429 bits per heavy atom. The Bertz CT molecular complexity index is 397. The summed E-state index contributed by atoms with van der Waals surface area (Å²) in [6.07, 6.45) is 43.7. The minimum Gasteiger partial charge on any atom is -0.396 e. The summed E-state index contributed by atoms with van der Waals surface area (Å²) >= 11 is 0. The molecule has 2 N–H and O–H groups in total. The van der Waals surface area contributed by atoms with Gasteiger partial charge < -0.3 is 10.2 Å². The van der Waals surface area contributed by atoms with Gasteiger partial charge in [-0.05, 0) is 37.5 Å². The van der Waals surface area contributed by atoms with E-state index in [4.69, 9.17) is 0 Å². The summed E-state index contributed by atoms with van der Waals surface area (Å²) in [7, 11) is 0. The summed E-state index contributed by atoms with van der Waals surface area (Å²) in [5.41, 5.74) is 0. The molecule has 2 nitrogen and oxygen atoms in total. The van der Waals surface area contributed by atoms with Crippen LogP contribution in [0.1, 0.15) is 233 Å². The van der Waals surface area contributed by atoms with Gasteiger partial charge in [0.1, 0.15) is 0 Å². The van der Waals surface area contributed by atoms with Gasteiger partial charge in [0.05, 0.1) is 0 Å². The SMILES string of the molecule is CCCCCCCCCCC(CO)CCCCCCCC.CCCCCCCCCCC(CO)CCCCCCCC. The maximum Gasteiger partial charge on any atom is 0.0459 e. The number of aliphatic hydroxyl groups excluding tert-OH is 2. The topological polar surface area (TPSA) is 40.5 Å². The third-order valence-electron chi connectivity index (χ3n) is 9.38. The molecule has 0 aromatic rings. The molecule has 2 atom stereocenters. The molecule has 0 fully saturated rings. The molecular formula is C40H84O2. The normalized spacial score (nSPS) is 12.7. The van der Waals surface area contributed by atoms with Gasteiger partial charge in [-0.3, -0.25) is 0 Å². The Morgan fingerprint density at radius 3 is 0.595 bits per heavy atom. The second-order valence-electron chi connectivity index (χ2n) is 13.7. The summed E-state index contributed by atoms with van der Waals surface area (Å²) in [5.74, 6) is 1.16. The van der Waals surface area contributed by atoms with E-state index in [0.29, 0.717) is 25.0 Å². The molecule has 0 spiro atoms. The first kappa shape index (κ1) is 44.0. The van der Waals surface area contributed by atoms with E-state index in [1.165, 1.54) is 205 Å². The van der Waals surface area contributed by atoms with Crippen molar-refractivity contribution in [1.82, 2.24) is 0 Å². The van der Waals surface area contributed by atoms with E-state index < -0.39 is 0 Å². The molecule has 0 radical (unpaired) electrons. The van der Waals surface area contributed by atoms with Crippen molar-refractivity contribution in [3.8, 4) is 0 Å². The van der Waals surface area contributed by atoms with Crippen LogP contribution >= 0.6 is 0 Å². The van der Waals surface area contributed by atoms with Crippen molar-refractivity contribution in [2.75, 3.05) is 13.2 Å². The number of hydrogen-bond acceptors (Lipinski definition) is 2. The number of unbranched alkanes of at least 4 members (excludes halogenated alkanes) is 24. The van der Waals surface area contributed by atoms with Crippen LogP contribution in [-0.4, -0.2) is 23.4 Å². The Balaban J connectivity index is 0. The summed E-state index contributed by atoms with van der Waals surface area (Å²) < 4.78 is 0. The molecule has 0 aliphatic heterocycles. The fourth-order valence-electron chi connectivity index (χ4n) is 6.21. The number of aliphatic hydroxyl groups is 2. The van der Waals surface area contributed by atoms with Crippen LogP contribution in [0.4, 0.5) is 0 Å². The lowest BCUT2D eigenvalue weighted by Crippen LogP contribution is -2.06. The van der Waals surface area contributed by atoms with Crippen molar-refractivity contribution >= 4 is 0 Å². The minimum atomic E-state index is 0.408. The Hall–Kier alpha value is -0.0800. The van der Waals surface area contributed by atoms with Crippen LogP contribution in [0.15, 0.2) is 0 Å². The molecule has 0 aliphatic rings. The molecule has 2 heteroatoms. The van der Waals surface area contributed by atoms with Gasteiger partial charge in [-0.15, -0.1) is 0 Å². The molecule has 0 rings (SSSR count).